The van der Waals surface area contributed by atoms with Crippen LogP contribution in [-0.2, 0) is 28.6 Å². The minimum atomic E-state index is -0.818. The fourth-order valence-electron chi connectivity index (χ4n) is 3.01. The van der Waals surface area contributed by atoms with Crippen molar-refractivity contribution in [3.63, 3.8) is 0 Å². The summed E-state index contributed by atoms with van der Waals surface area (Å²) in [6.07, 6.45) is 3.01. The number of rotatable bonds is 3. The minimum absolute atomic E-state index is 0.191. The van der Waals surface area contributed by atoms with Crippen LogP contribution in [0.5, 0.6) is 0 Å². The summed E-state index contributed by atoms with van der Waals surface area (Å²) in [4.78, 5) is 34.2. The molecule has 2 heterocycles. The summed E-state index contributed by atoms with van der Waals surface area (Å²) >= 11 is 0. The van der Waals surface area contributed by atoms with Crippen LogP contribution in [0, 0.1) is 0 Å². The number of hydrogen-bond acceptors (Lipinski definition) is 7. The number of ether oxygens (including phenoxy) is 3. The van der Waals surface area contributed by atoms with Gasteiger partial charge < -0.3 is 19.5 Å². The summed E-state index contributed by atoms with van der Waals surface area (Å²) in [5.74, 6) is -1.46. The van der Waals surface area contributed by atoms with Crippen molar-refractivity contribution in [3.8, 4) is 0 Å². The van der Waals surface area contributed by atoms with Gasteiger partial charge in [0.05, 0.1) is 12.1 Å². The molecule has 0 amide bonds. The summed E-state index contributed by atoms with van der Waals surface area (Å²) in [5, 5.41) is 3.32. The molecule has 1 unspecified atom stereocenters. The Kier molecular flexibility index (Phi) is 5.18. The number of carbonyl (C=O) groups is 3. The maximum absolute atomic E-state index is 11.4. The van der Waals surface area contributed by atoms with Crippen LogP contribution in [-0.4, -0.2) is 48.3 Å². The standard InChI is InChI=1S/C15H21NO6/c1-8(17)20-13-11-6-4-5-7-12(16-11)14(21-9(2)18)15(13)22-10(3)19/h4-5,11-16H,6-7H2,1-3H3/t11-,12+,13-,14+,15?. The zero-order valence-corrected chi connectivity index (χ0v) is 12.9. The quantitative estimate of drug-likeness (QED) is 0.460. The molecule has 1 fully saturated rings. The zero-order chi connectivity index (χ0) is 16.3. The molecule has 0 aromatic rings. The summed E-state index contributed by atoms with van der Waals surface area (Å²) in [6, 6.07) is -0.382. The smallest absolute Gasteiger partial charge is 0.303 e. The van der Waals surface area contributed by atoms with Crippen molar-refractivity contribution in [1.29, 1.82) is 0 Å². The molecule has 0 aromatic heterocycles. The molecule has 2 bridgehead atoms. The third kappa shape index (κ3) is 3.85. The Morgan fingerprint density at radius 2 is 1.14 bits per heavy atom. The van der Waals surface area contributed by atoms with Gasteiger partial charge in [0.2, 0.25) is 0 Å². The predicted molar refractivity (Wildman–Crippen MR) is 75.7 cm³/mol. The molecule has 5 atom stereocenters. The molecule has 122 valence electrons. The van der Waals surface area contributed by atoms with Gasteiger partial charge in [-0.2, -0.15) is 0 Å². The van der Waals surface area contributed by atoms with Crippen molar-refractivity contribution in [2.45, 2.75) is 64.0 Å². The first-order valence-corrected chi connectivity index (χ1v) is 7.31. The van der Waals surface area contributed by atoms with Crippen molar-refractivity contribution in [3.05, 3.63) is 12.2 Å². The van der Waals surface area contributed by atoms with Gasteiger partial charge in [-0.3, -0.25) is 14.4 Å². The van der Waals surface area contributed by atoms with E-state index in [1.807, 2.05) is 12.2 Å². The first-order valence-electron chi connectivity index (χ1n) is 7.31. The van der Waals surface area contributed by atoms with Crippen LogP contribution in [0.4, 0.5) is 0 Å². The van der Waals surface area contributed by atoms with Gasteiger partial charge >= 0.3 is 17.9 Å². The molecule has 7 nitrogen and oxygen atoms in total. The van der Waals surface area contributed by atoms with Crippen LogP contribution < -0.4 is 5.32 Å². The average molecular weight is 311 g/mol. The van der Waals surface area contributed by atoms with E-state index < -0.39 is 36.2 Å². The maximum Gasteiger partial charge on any atom is 0.303 e. The van der Waals surface area contributed by atoms with Gasteiger partial charge in [0.25, 0.3) is 0 Å². The Labute approximate surface area is 129 Å². The lowest BCUT2D eigenvalue weighted by Gasteiger charge is -2.44. The summed E-state index contributed by atoms with van der Waals surface area (Å²) in [7, 11) is 0. The predicted octanol–water partition coefficient (Wildman–Crippen LogP) is 0.472. The fourth-order valence-corrected chi connectivity index (χ4v) is 3.01. The molecule has 0 radical (unpaired) electrons. The van der Waals surface area contributed by atoms with Gasteiger partial charge in [-0.1, -0.05) is 12.2 Å². The Bertz CT molecular complexity index is 454. The van der Waals surface area contributed by atoms with E-state index in [0.29, 0.717) is 12.8 Å². The monoisotopic (exact) mass is 311 g/mol. The van der Waals surface area contributed by atoms with E-state index in [2.05, 4.69) is 5.32 Å². The van der Waals surface area contributed by atoms with Gasteiger partial charge in [0, 0.05) is 20.8 Å². The van der Waals surface area contributed by atoms with E-state index in [4.69, 9.17) is 14.2 Å². The molecule has 7 heteroatoms. The Hall–Kier alpha value is -1.89. The number of nitrogens with one attached hydrogen (secondary N) is 1. The van der Waals surface area contributed by atoms with Gasteiger partial charge in [-0.25, -0.2) is 0 Å². The molecular formula is C15H21NO6. The lowest BCUT2D eigenvalue weighted by Crippen LogP contribution is -2.66. The van der Waals surface area contributed by atoms with Crippen LogP contribution in [0.1, 0.15) is 33.6 Å². The molecule has 2 aliphatic rings. The third-order valence-corrected chi connectivity index (χ3v) is 3.72. The van der Waals surface area contributed by atoms with E-state index in [9.17, 15) is 14.4 Å². The first kappa shape index (κ1) is 16.5. The Morgan fingerprint density at radius 3 is 1.50 bits per heavy atom. The molecule has 0 spiro atoms. The lowest BCUT2D eigenvalue weighted by atomic mass is 9.88. The number of piperidine rings is 1. The average Bonchev–Trinajstić information content (AvgIpc) is 2.61. The molecule has 1 saturated heterocycles. The van der Waals surface area contributed by atoms with Crippen molar-refractivity contribution >= 4 is 17.9 Å². The van der Waals surface area contributed by atoms with E-state index >= 15 is 0 Å². The first-order chi connectivity index (χ1) is 10.4. The van der Waals surface area contributed by atoms with Crippen molar-refractivity contribution in [2.75, 3.05) is 0 Å². The van der Waals surface area contributed by atoms with Crippen LogP contribution >= 0.6 is 0 Å². The van der Waals surface area contributed by atoms with Crippen LogP contribution in [0.15, 0.2) is 12.2 Å². The van der Waals surface area contributed by atoms with Crippen molar-refractivity contribution in [1.82, 2.24) is 5.32 Å². The lowest BCUT2D eigenvalue weighted by molar-refractivity contribution is -0.196. The van der Waals surface area contributed by atoms with E-state index in [1.54, 1.807) is 0 Å². The van der Waals surface area contributed by atoms with E-state index in [-0.39, 0.29) is 12.1 Å². The normalized spacial score (nSPS) is 33.5. The Morgan fingerprint density at radius 1 is 0.773 bits per heavy atom. The summed E-state index contributed by atoms with van der Waals surface area (Å²) in [5.41, 5.74) is 0. The number of hydrogen-bond donors (Lipinski definition) is 1. The second kappa shape index (κ2) is 6.91. The summed E-state index contributed by atoms with van der Waals surface area (Å²) in [6.45, 7) is 3.87. The van der Waals surface area contributed by atoms with Gasteiger partial charge in [0.1, 0.15) is 0 Å². The molecule has 0 saturated carbocycles. The minimum Gasteiger partial charge on any atom is -0.457 e. The molecule has 1 N–H and O–H groups in total. The van der Waals surface area contributed by atoms with Crippen molar-refractivity contribution in [2.24, 2.45) is 0 Å². The summed E-state index contributed by atoms with van der Waals surface area (Å²) < 4.78 is 16.1. The molecule has 0 aromatic carbocycles. The largest absolute Gasteiger partial charge is 0.457 e. The van der Waals surface area contributed by atoms with E-state index in [0.717, 1.165) is 0 Å². The Balaban J connectivity index is 2.33. The number of esters is 3. The second-order valence-corrected chi connectivity index (χ2v) is 5.54. The van der Waals surface area contributed by atoms with Crippen molar-refractivity contribution < 1.29 is 28.6 Å². The molecule has 22 heavy (non-hydrogen) atoms. The highest BCUT2D eigenvalue weighted by Gasteiger charge is 2.50. The van der Waals surface area contributed by atoms with Crippen LogP contribution in [0.3, 0.4) is 0 Å². The molecule has 2 rings (SSSR count). The van der Waals surface area contributed by atoms with Gasteiger partial charge in [0.15, 0.2) is 18.3 Å². The third-order valence-electron chi connectivity index (χ3n) is 3.72. The molecule has 0 aliphatic carbocycles. The van der Waals surface area contributed by atoms with Gasteiger partial charge in [-0.05, 0) is 12.8 Å². The molecule has 2 aliphatic heterocycles. The zero-order valence-electron chi connectivity index (χ0n) is 12.9. The highest BCUT2D eigenvalue weighted by atomic mass is 16.6. The highest BCUT2D eigenvalue weighted by molar-refractivity contribution is 5.68. The number of fused-ring (bicyclic) bond motifs is 2. The molecular weight excluding hydrogens is 290 g/mol. The highest BCUT2D eigenvalue weighted by Crippen LogP contribution is 2.29. The van der Waals surface area contributed by atoms with Gasteiger partial charge in [-0.15, -0.1) is 0 Å². The maximum atomic E-state index is 11.4. The van der Waals surface area contributed by atoms with E-state index in [1.165, 1.54) is 20.8 Å². The van der Waals surface area contributed by atoms with Crippen LogP contribution in [0.2, 0.25) is 0 Å². The fraction of sp³-hybridized carbons (Fsp3) is 0.667. The second-order valence-electron chi connectivity index (χ2n) is 5.54. The SMILES string of the molecule is CC(=O)OC1[C@@H](OC(C)=O)[C@@H]2CC=CC[C@@H](N2)[C@H]1OC(C)=O. The van der Waals surface area contributed by atoms with Crippen LogP contribution in [0.25, 0.3) is 0 Å². The topological polar surface area (TPSA) is 90.9 Å². The number of carbonyl (C=O) groups excluding carboxylic acids is 3.